The van der Waals surface area contributed by atoms with E-state index in [1.165, 1.54) is 12.8 Å². The highest BCUT2D eigenvalue weighted by Gasteiger charge is 2.27. The van der Waals surface area contributed by atoms with E-state index in [-0.39, 0.29) is 0 Å². The lowest BCUT2D eigenvalue weighted by molar-refractivity contribution is 0.150. The van der Waals surface area contributed by atoms with Crippen LogP contribution in [-0.2, 0) is 4.74 Å². The van der Waals surface area contributed by atoms with Gasteiger partial charge in [-0.1, -0.05) is 6.92 Å². The van der Waals surface area contributed by atoms with Crippen LogP contribution in [0.2, 0.25) is 0 Å². The molecule has 1 saturated carbocycles. The second-order valence-electron chi connectivity index (χ2n) is 2.77. The summed E-state index contributed by atoms with van der Waals surface area (Å²) in [5.74, 6) is 1.80. The first kappa shape index (κ1) is 6.09. The molecule has 0 aromatic carbocycles. The summed E-state index contributed by atoms with van der Waals surface area (Å²) in [6.07, 6.45) is 2.87. The molecule has 0 radical (unpaired) electrons. The molecule has 0 saturated heterocycles. The second kappa shape index (κ2) is 2.49. The van der Waals surface area contributed by atoms with Crippen LogP contribution in [0.15, 0.2) is 0 Å². The Hall–Kier alpha value is -0.0400. The van der Waals surface area contributed by atoms with Crippen LogP contribution in [0.1, 0.15) is 19.8 Å². The number of hydrogen-bond donors (Lipinski definition) is 0. The van der Waals surface area contributed by atoms with Gasteiger partial charge in [-0.25, -0.2) is 0 Å². The standard InChI is InChI=1S/C7H14O/c1-6(5-8-2)7-3-4-7/h6-7H,3-5H2,1-2H3. The third kappa shape index (κ3) is 1.48. The van der Waals surface area contributed by atoms with Crippen molar-refractivity contribution in [2.45, 2.75) is 19.8 Å². The summed E-state index contributed by atoms with van der Waals surface area (Å²) in [5.41, 5.74) is 0. The molecular formula is C7H14O. The van der Waals surface area contributed by atoms with Crippen LogP contribution in [0.5, 0.6) is 0 Å². The van der Waals surface area contributed by atoms with Gasteiger partial charge in [-0.15, -0.1) is 0 Å². The van der Waals surface area contributed by atoms with Crippen molar-refractivity contribution in [3.8, 4) is 0 Å². The van der Waals surface area contributed by atoms with Crippen LogP contribution in [0, 0.1) is 11.8 Å². The average Bonchev–Trinajstić information content (AvgIpc) is 2.45. The Morgan fingerprint density at radius 1 is 1.62 bits per heavy atom. The zero-order chi connectivity index (χ0) is 5.98. The number of methoxy groups -OCH3 is 1. The molecule has 48 valence electrons. The number of hydrogen-bond acceptors (Lipinski definition) is 1. The lowest BCUT2D eigenvalue weighted by atomic mass is 10.1. The summed E-state index contributed by atoms with van der Waals surface area (Å²) in [6, 6.07) is 0. The van der Waals surface area contributed by atoms with Gasteiger partial charge in [0.15, 0.2) is 0 Å². The zero-order valence-electron chi connectivity index (χ0n) is 5.68. The van der Waals surface area contributed by atoms with Gasteiger partial charge in [-0.05, 0) is 24.7 Å². The van der Waals surface area contributed by atoms with E-state index in [2.05, 4.69) is 6.92 Å². The Morgan fingerprint density at radius 2 is 2.25 bits per heavy atom. The summed E-state index contributed by atoms with van der Waals surface area (Å²) in [5, 5.41) is 0. The highest BCUT2D eigenvalue weighted by Crippen LogP contribution is 2.36. The van der Waals surface area contributed by atoms with Crippen LogP contribution in [0.4, 0.5) is 0 Å². The van der Waals surface area contributed by atoms with Crippen LogP contribution in [-0.4, -0.2) is 13.7 Å². The van der Waals surface area contributed by atoms with Crippen molar-refractivity contribution >= 4 is 0 Å². The summed E-state index contributed by atoms with van der Waals surface area (Å²) in [4.78, 5) is 0. The number of rotatable bonds is 3. The lowest BCUT2D eigenvalue weighted by Gasteiger charge is -2.05. The molecule has 1 aliphatic carbocycles. The molecule has 1 heteroatoms. The first-order valence-electron chi connectivity index (χ1n) is 3.33. The summed E-state index contributed by atoms with van der Waals surface area (Å²) >= 11 is 0. The molecule has 1 aliphatic rings. The van der Waals surface area contributed by atoms with E-state index < -0.39 is 0 Å². The fourth-order valence-corrected chi connectivity index (χ4v) is 1.06. The van der Waals surface area contributed by atoms with Crippen LogP contribution >= 0.6 is 0 Å². The highest BCUT2D eigenvalue weighted by atomic mass is 16.5. The minimum absolute atomic E-state index is 0.806. The first-order chi connectivity index (χ1) is 3.84. The summed E-state index contributed by atoms with van der Waals surface area (Å²) in [7, 11) is 1.78. The molecule has 0 heterocycles. The van der Waals surface area contributed by atoms with Crippen molar-refractivity contribution in [3.05, 3.63) is 0 Å². The van der Waals surface area contributed by atoms with E-state index in [1.54, 1.807) is 7.11 Å². The molecular weight excluding hydrogens is 100 g/mol. The van der Waals surface area contributed by atoms with Crippen molar-refractivity contribution in [1.29, 1.82) is 0 Å². The van der Waals surface area contributed by atoms with E-state index >= 15 is 0 Å². The highest BCUT2D eigenvalue weighted by molar-refractivity contribution is 4.77. The van der Waals surface area contributed by atoms with E-state index in [0.29, 0.717) is 0 Å². The minimum atomic E-state index is 0.806. The molecule has 1 atom stereocenters. The summed E-state index contributed by atoms with van der Waals surface area (Å²) in [6.45, 7) is 3.21. The second-order valence-corrected chi connectivity index (χ2v) is 2.77. The van der Waals surface area contributed by atoms with Crippen molar-refractivity contribution in [2.24, 2.45) is 11.8 Å². The number of ether oxygens (including phenoxy) is 1. The van der Waals surface area contributed by atoms with Crippen molar-refractivity contribution < 1.29 is 4.74 Å². The predicted molar refractivity (Wildman–Crippen MR) is 33.8 cm³/mol. The molecule has 0 amide bonds. The van der Waals surface area contributed by atoms with Gasteiger partial charge in [0.25, 0.3) is 0 Å². The van der Waals surface area contributed by atoms with E-state index in [1.807, 2.05) is 0 Å². The van der Waals surface area contributed by atoms with Crippen LogP contribution in [0.25, 0.3) is 0 Å². The predicted octanol–water partition coefficient (Wildman–Crippen LogP) is 1.68. The van der Waals surface area contributed by atoms with Gasteiger partial charge in [0.1, 0.15) is 0 Å². The normalized spacial score (nSPS) is 23.2. The van der Waals surface area contributed by atoms with Crippen molar-refractivity contribution in [3.63, 3.8) is 0 Å². The third-order valence-electron chi connectivity index (χ3n) is 1.86. The Balaban J connectivity index is 2.03. The molecule has 1 nitrogen and oxygen atoms in total. The van der Waals surface area contributed by atoms with Gasteiger partial charge in [-0.3, -0.25) is 0 Å². The summed E-state index contributed by atoms with van der Waals surface area (Å²) < 4.78 is 5.00. The smallest absolute Gasteiger partial charge is 0.0490 e. The molecule has 0 bridgehead atoms. The molecule has 0 aromatic rings. The molecule has 0 aromatic heterocycles. The van der Waals surface area contributed by atoms with Gasteiger partial charge in [0, 0.05) is 13.7 Å². The Bertz CT molecular complexity index is 66.8. The maximum atomic E-state index is 5.00. The zero-order valence-corrected chi connectivity index (χ0v) is 5.68. The van der Waals surface area contributed by atoms with E-state index in [4.69, 9.17) is 4.74 Å². The first-order valence-corrected chi connectivity index (χ1v) is 3.33. The van der Waals surface area contributed by atoms with Gasteiger partial charge in [-0.2, -0.15) is 0 Å². The quantitative estimate of drug-likeness (QED) is 0.542. The van der Waals surface area contributed by atoms with Crippen LogP contribution < -0.4 is 0 Å². The van der Waals surface area contributed by atoms with Gasteiger partial charge in [0.05, 0.1) is 0 Å². The van der Waals surface area contributed by atoms with Crippen molar-refractivity contribution in [1.82, 2.24) is 0 Å². The molecule has 0 spiro atoms. The average molecular weight is 114 g/mol. The topological polar surface area (TPSA) is 9.23 Å². The van der Waals surface area contributed by atoms with Gasteiger partial charge < -0.3 is 4.74 Å². The molecule has 1 rings (SSSR count). The van der Waals surface area contributed by atoms with E-state index in [0.717, 1.165) is 18.4 Å². The fraction of sp³-hybridized carbons (Fsp3) is 1.00. The maximum Gasteiger partial charge on any atom is 0.0490 e. The molecule has 0 aliphatic heterocycles. The SMILES string of the molecule is COCC(C)C1CC1. The van der Waals surface area contributed by atoms with Gasteiger partial charge >= 0.3 is 0 Å². The molecule has 8 heavy (non-hydrogen) atoms. The monoisotopic (exact) mass is 114 g/mol. The Labute approximate surface area is 51.0 Å². The minimum Gasteiger partial charge on any atom is -0.384 e. The lowest BCUT2D eigenvalue weighted by Crippen LogP contribution is -2.04. The maximum absolute atomic E-state index is 5.00. The molecule has 1 fully saturated rings. The Kier molecular flexibility index (Phi) is 1.90. The van der Waals surface area contributed by atoms with Crippen LogP contribution in [0.3, 0.4) is 0 Å². The largest absolute Gasteiger partial charge is 0.384 e. The molecule has 1 unspecified atom stereocenters. The third-order valence-corrected chi connectivity index (χ3v) is 1.86. The van der Waals surface area contributed by atoms with Crippen molar-refractivity contribution in [2.75, 3.05) is 13.7 Å². The van der Waals surface area contributed by atoms with E-state index in [9.17, 15) is 0 Å². The molecule has 0 N–H and O–H groups in total. The Morgan fingerprint density at radius 3 is 2.62 bits per heavy atom. The van der Waals surface area contributed by atoms with Gasteiger partial charge in [0.2, 0.25) is 0 Å². The fourth-order valence-electron chi connectivity index (χ4n) is 1.06.